The van der Waals surface area contributed by atoms with Crippen molar-refractivity contribution in [3.8, 4) is 0 Å². The molecule has 0 aliphatic carbocycles. The van der Waals surface area contributed by atoms with Crippen LogP contribution in [0.4, 0.5) is 17.1 Å². The number of anilines is 3. The molecule has 0 atom stereocenters. The molecule has 0 fully saturated rings. The fourth-order valence-corrected chi connectivity index (χ4v) is 6.69. The lowest BCUT2D eigenvalue weighted by molar-refractivity contribution is -0.114. The highest BCUT2D eigenvalue weighted by atomic mass is 35.5. The van der Waals surface area contributed by atoms with Crippen LogP contribution in [0.1, 0.15) is 5.56 Å². The number of hydrogen-bond acceptors (Lipinski definition) is 5. The molecule has 0 heterocycles. The summed E-state index contributed by atoms with van der Waals surface area (Å²) >= 11 is 18.1. The first-order valence-corrected chi connectivity index (χ1v) is 15.6. The summed E-state index contributed by atoms with van der Waals surface area (Å²) in [6, 6.07) is 22.3. The molecule has 0 saturated heterocycles. The lowest BCUT2D eigenvalue weighted by atomic mass is 10.2. The quantitative estimate of drug-likeness (QED) is 0.215. The first-order valence-electron chi connectivity index (χ1n) is 11.6. The average Bonchev–Trinajstić information content (AvgIpc) is 2.90. The molecule has 2 N–H and O–H groups in total. The maximum Gasteiger partial charge on any atom is 0.264 e. The van der Waals surface area contributed by atoms with E-state index in [1.807, 2.05) is 6.92 Å². The lowest BCUT2D eigenvalue weighted by Gasteiger charge is -2.24. The minimum Gasteiger partial charge on any atom is -0.325 e. The fourth-order valence-electron chi connectivity index (χ4n) is 3.62. The number of rotatable bonds is 9. The van der Waals surface area contributed by atoms with Gasteiger partial charge in [-0.25, -0.2) is 16.8 Å². The largest absolute Gasteiger partial charge is 0.325 e. The van der Waals surface area contributed by atoms with E-state index in [0.29, 0.717) is 5.02 Å². The third kappa shape index (κ3) is 6.89. The number of amides is 1. The summed E-state index contributed by atoms with van der Waals surface area (Å²) in [5.41, 5.74) is 1.45. The van der Waals surface area contributed by atoms with Gasteiger partial charge in [-0.3, -0.25) is 13.8 Å². The van der Waals surface area contributed by atoms with Crippen LogP contribution in [0.5, 0.6) is 0 Å². The highest BCUT2D eigenvalue weighted by molar-refractivity contribution is 7.93. The molecule has 40 heavy (non-hydrogen) atoms. The number of nitrogens with one attached hydrogen (secondary N) is 2. The number of halogens is 3. The van der Waals surface area contributed by atoms with Crippen molar-refractivity contribution in [1.29, 1.82) is 0 Å². The predicted molar refractivity (Wildman–Crippen MR) is 160 cm³/mol. The first kappa shape index (κ1) is 29.7. The molecule has 8 nitrogen and oxygen atoms in total. The molecule has 0 radical (unpaired) electrons. The van der Waals surface area contributed by atoms with Crippen molar-refractivity contribution in [3.05, 3.63) is 112 Å². The molecule has 4 rings (SSSR count). The summed E-state index contributed by atoms with van der Waals surface area (Å²) in [6.07, 6.45) is 0. The van der Waals surface area contributed by atoms with Crippen molar-refractivity contribution in [1.82, 2.24) is 0 Å². The Bertz CT molecular complexity index is 1760. The lowest BCUT2D eigenvalue weighted by Crippen LogP contribution is -2.38. The van der Waals surface area contributed by atoms with Gasteiger partial charge in [0.1, 0.15) is 6.54 Å². The van der Waals surface area contributed by atoms with Crippen LogP contribution in [0, 0.1) is 6.92 Å². The Hall–Kier alpha value is -3.28. The molecule has 4 aromatic rings. The Balaban J connectivity index is 1.54. The van der Waals surface area contributed by atoms with Gasteiger partial charge in [0.15, 0.2) is 0 Å². The van der Waals surface area contributed by atoms with Gasteiger partial charge in [-0.1, -0.05) is 64.6 Å². The minimum absolute atomic E-state index is 0.00717. The van der Waals surface area contributed by atoms with Gasteiger partial charge in [0.05, 0.1) is 31.2 Å². The van der Waals surface area contributed by atoms with Crippen LogP contribution < -0.4 is 14.3 Å². The molecule has 0 aliphatic heterocycles. The maximum atomic E-state index is 13.5. The molecule has 208 valence electrons. The summed E-state index contributed by atoms with van der Waals surface area (Å²) in [5.74, 6) is -0.657. The summed E-state index contributed by atoms with van der Waals surface area (Å²) in [4.78, 5) is 12.9. The Labute approximate surface area is 247 Å². The summed E-state index contributed by atoms with van der Waals surface area (Å²) in [5, 5.41) is 3.15. The van der Waals surface area contributed by atoms with E-state index >= 15 is 0 Å². The predicted octanol–water partition coefficient (Wildman–Crippen LogP) is 6.59. The van der Waals surface area contributed by atoms with Crippen LogP contribution in [0.25, 0.3) is 0 Å². The molecular formula is C27H22Cl3N3O5S2. The Morgan fingerprint density at radius 2 is 1.43 bits per heavy atom. The van der Waals surface area contributed by atoms with Crippen molar-refractivity contribution in [2.24, 2.45) is 0 Å². The Morgan fingerprint density at radius 3 is 2.08 bits per heavy atom. The molecule has 0 aromatic heterocycles. The third-order valence-electron chi connectivity index (χ3n) is 5.64. The first-order chi connectivity index (χ1) is 18.9. The van der Waals surface area contributed by atoms with Crippen LogP contribution in [0.3, 0.4) is 0 Å². The normalized spacial score (nSPS) is 11.6. The summed E-state index contributed by atoms with van der Waals surface area (Å²) < 4.78 is 56.0. The van der Waals surface area contributed by atoms with Gasteiger partial charge in [0, 0.05) is 10.7 Å². The van der Waals surface area contributed by atoms with Crippen LogP contribution in [0.2, 0.25) is 15.1 Å². The van der Waals surface area contributed by atoms with Crippen molar-refractivity contribution < 1.29 is 21.6 Å². The second-order valence-corrected chi connectivity index (χ2v) is 13.4. The van der Waals surface area contributed by atoms with E-state index in [4.69, 9.17) is 34.8 Å². The van der Waals surface area contributed by atoms with Gasteiger partial charge >= 0.3 is 0 Å². The van der Waals surface area contributed by atoms with Crippen molar-refractivity contribution in [2.75, 3.05) is 20.9 Å². The number of benzene rings is 4. The molecule has 0 aliphatic rings. The highest BCUT2D eigenvalue weighted by Crippen LogP contribution is 2.31. The minimum atomic E-state index is -4.13. The average molecular weight is 639 g/mol. The smallest absolute Gasteiger partial charge is 0.264 e. The molecule has 4 aromatic carbocycles. The standard InChI is InChI=1S/C27H22Cl3N3O5S2/c1-18-8-12-23(13-9-18)40(37,38)33(21-5-2-4-19(28)16-21)17-26(34)31-20-10-14-22(15-11-20)39(35,36)32-25-7-3-6-24(29)27(25)30/h2-16,32H,17H2,1H3,(H,31,34). The molecule has 13 heteroatoms. The molecule has 0 spiro atoms. The van der Waals surface area contributed by atoms with Crippen LogP contribution in [0.15, 0.2) is 101 Å². The number of aryl methyl sites for hydroxylation is 1. The second-order valence-electron chi connectivity index (χ2n) is 8.58. The topological polar surface area (TPSA) is 113 Å². The highest BCUT2D eigenvalue weighted by Gasteiger charge is 2.27. The molecule has 1 amide bonds. The number of nitrogens with zero attached hydrogens (tertiary/aromatic N) is 1. The summed E-state index contributed by atoms with van der Waals surface area (Å²) in [6.45, 7) is 1.27. The zero-order valence-corrected chi connectivity index (χ0v) is 24.7. The van der Waals surface area contributed by atoms with E-state index in [0.717, 1.165) is 9.87 Å². The molecular weight excluding hydrogens is 617 g/mol. The van der Waals surface area contributed by atoms with Crippen LogP contribution >= 0.6 is 34.8 Å². The summed E-state index contributed by atoms with van der Waals surface area (Å²) in [7, 11) is -8.15. The van der Waals surface area contributed by atoms with Crippen molar-refractivity contribution >= 4 is 77.8 Å². The van der Waals surface area contributed by atoms with E-state index < -0.39 is 32.5 Å². The van der Waals surface area contributed by atoms with Crippen LogP contribution in [-0.4, -0.2) is 29.3 Å². The van der Waals surface area contributed by atoms with Crippen molar-refractivity contribution in [3.63, 3.8) is 0 Å². The van der Waals surface area contributed by atoms with Gasteiger partial charge in [0.25, 0.3) is 20.0 Å². The molecule has 0 unspecified atom stereocenters. The fraction of sp³-hybridized carbons (Fsp3) is 0.0741. The monoisotopic (exact) mass is 637 g/mol. The van der Waals surface area contributed by atoms with Gasteiger partial charge in [-0.2, -0.15) is 0 Å². The van der Waals surface area contributed by atoms with Crippen LogP contribution in [-0.2, 0) is 24.8 Å². The Morgan fingerprint density at radius 1 is 0.800 bits per heavy atom. The van der Waals surface area contributed by atoms with Gasteiger partial charge in [0.2, 0.25) is 5.91 Å². The SMILES string of the molecule is Cc1ccc(S(=O)(=O)N(CC(=O)Nc2ccc(S(=O)(=O)Nc3cccc(Cl)c3Cl)cc2)c2cccc(Cl)c2)cc1. The van der Waals surface area contributed by atoms with Gasteiger partial charge < -0.3 is 5.32 Å². The van der Waals surface area contributed by atoms with E-state index in [-0.39, 0.29) is 36.9 Å². The number of carbonyl (C=O) groups excluding carboxylic acids is 1. The van der Waals surface area contributed by atoms with E-state index in [1.54, 1.807) is 30.3 Å². The number of sulfonamides is 2. The molecule has 0 bridgehead atoms. The third-order valence-corrected chi connectivity index (χ3v) is 9.86. The van der Waals surface area contributed by atoms with Crippen molar-refractivity contribution in [2.45, 2.75) is 16.7 Å². The maximum absolute atomic E-state index is 13.5. The zero-order valence-electron chi connectivity index (χ0n) is 20.8. The van der Waals surface area contributed by atoms with Gasteiger partial charge in [-0.15, -0.1) is 0 Å². The van der Waals surface area contributed by atoms with E-state index in [1.165, 1.54) is 60.7 Å². The molecule has 0 saturated carbocycles. The number of carbonyl (C=O) groups is 1. The zero-order chi connectivity index (χ0) is 29.1. The van der Waals surface area contributed by atoms with E-state index in [2.05, 4.69) is 10.0 Å². The van der Waals surface area contributed by atoms with Gasteiger partial charge in [-0.05, 0) is 73.7 Å². The number of hydrogen-bond donors (Lipinski definition) is 2. The Kier molecular flexibility index (Phi) is 8.96. The second kappa shape index (κ2) is 12.1. The van der Waals surface area contributed by atoms with E-state index in [9.17, 15) is 21.6 Å².